The zero-order chi connectivity index (χ0) is 94.9. The Hall–Kier alpha value is -11.8. The van der Waals surface area contributed by atoms with E-state index in [-0.39, 0.29) is 82.3 Å². The third kappa shape index (κ3) is 34.3. The van der Waals surface area contributed by atoms with Crippen molar-refractivity contribution in [1.82, 2.24) is 0 Å². The fourth-order valence-corrected chi connectivity index (χ4v) is 11.8. The van der Waals surface area contributed by atoms with E-state index >= 15 is 0 Å². The average Bonchev–Trinajstić information content (AvgIpc) is 0.772. The molecule has 4 N–H and O–H groups in total. The molecule has 0 saturated heterocycles. The van der Waals surface area contributed by atoms with E-state index in [4.69, 9.17) is 39.4 Å². The molecule has 0 bridgehead atoms. The van der Waals surface area contributed by atoms with Gasteiger partial charge in [-0.05, 0) is 254 Å². The first-order valence-corrected chi connectivity index (χ1v) is 39.4. The lowest BCUT2D eigenvalue weighted by molar-refractivity contribution is -0.289. The number of aliphatic carboxylic acids is 4. The zero-order valence-corrected chi connectivity index (χ0v) is 72.6. The van der Waals surface area contributed by atoms with E-state index in [1.54, 1.807) is 143 Å². The number of hydrogen-bond acceptors (Lipinski definition) is 8. The molecule has 0 fully saturated rings. The number of ether oxygens (including phenoxy) is 4. The molecule has 0 unspecified atom stereocenters. The van der Waals surface area contributed by atoms with E-state index in [0.29, 0.717) is 68.0 Å². The predicted octanol–water partition coefficient (Wildman–Crippen LogP) is 28.6. The highest BCUT2D eigenvalue weighted by atomic mass is 19.4. The number of carbonyl (C=O) groups is 4. The van der Waals surface area contributed by atoms with Gasteiger partial charge in [-0.25, -0.2) is 45.5 Å². The number of alkyl halides is 14. The highest BCUT2D eigenvalue weighted by Crippen LogP contribution is 2.50. The second-order valence-corrected chi connectivity index (χ2v) is 30.0. The van der Waals surface area contributed by atoms with Crippen molar-refractivity contribution in [2.45, 2.75) is 192 Å². The van der Waals surface area contributed by atoms with Gasteiger partial charge in [0, 0.05) is 57.7 Å². The minimum absolute atomic E-state index is 0.00842. The van der Waals surface area contributed by atoms with Crippen LogP contribution in [-0.2, 0) is 31.0 Å². The smallest absolute Gasteiger partial charge is 0.458 e. The molecular formula is C97H106F16O12. The van der Waals surface area contributed by atoms with E-state index in [9.17, 15) is 89.4 Å². The predicted molar refractivity (Wildman–Crippen MR) is 459 cm³/mol. The van der Waals surface area contributed by atoms with Gasteiger partial charge in [0.15, 0.2) is 0 Å². The lowest BCUT2D eigenvalue weighted by atomic mass is 9.90. The molecule has 0 aromatic heterocycles. The Morgan fingerprint density at radius 2 is 0.656 bits per heavy atom. The van der Waals surface area contributed by atoms with Crippen LogP contribution in [-0.4, -0.2) is 95.9 Å². The molecule has 0 radical (unpaired) electrons. The summed E-state index contributed by atoms with van der Waals surface area (Å²) in [4.78, 5) is 42.9. The van der Waals surface area contributed by atoms with Gasteiger partial charge in [0.2, 0.25) is 0 Å². The molecule has 0 aliphatic rings. The standard InChI is InChI=1S/2C26H27F3O3.C23H27F5O3.C22H25F5O3/c1-16(2)22-13-20(19-9-6-10-21(27)12-19)14-23(26(22)32-15-24(28)29)18(4)8-5-7-17(3)11-25(30)31;1-16(2)22-13-20(19-8-10-21(27)11-9-19)14-23(26(22)32-15-24(28)29)18(4)7-5-6-17(3)12-25(30)31;1-6-10-31-21-18(14(2)3)12-17(22(24,25)23(26,27)28)13-19(21)16(5)9-7-8-15(4)11-20(29)30;1-6-30-20-17(13(2)3)11-16(21(23,24)22(25,26)27)12-18(20)15(5)9-7-8-14(4)10-19(28)29/h2*5-14,16,24H,15H2,1-4H3,(H,30,31);7-9,11-14H,6,10H2,1-5H3,(H,29,30);7-13H,6H2,1-5H3,(H,28,29)/b7-5+,17-11+,18-8-;6-5+,17-12+,18-7-;8-7+,15-11+,16-9-;8-7+,14-10+,15-9-. The molecule has 0 saturated carbocycles. The maximum atomic E-state index is 14.2. The lowest BCUT2D eigenvalue weighted by Crippen LogP contribution is -2.34. The summed E-state index contributed by atoms with van der Waals surface area (Å²) in [7, 11) is 0. The first-order chi connectivity index (χ1) is 58.1. The van der Waals surface area contributed by atoms with Gasteiger partial charge in [-0.2, -0.15) is 43.9 Å². The summed E-state index contributed by atoms with van der Waals surface area (Å²) in [5.74, 6) is -14.6. The fraction of sp³-hybridized carbons (Fsp3) is 0.340. The van der Waals surface area contributed by atoms with Crippen LogP contribution >= 0.6 is 0 Å². The second kappa shape index (κ2) is 49.6. The first kappa shape index (κ1) is 107. The first-order valence-electron chi connectivity index (χ1n) is 39.4. The second-order valence-electron chi connectivity index (χ2n) is 30.0. The fourth-order valence-electron chi connectivity index (χ4n) is 11.8. The van der Waals surface area contributed by atoms with Gasteiger partial charge in [0.1, 0.15) is 47.8 Å². The van der Waals surface area contributed by atoms with Crippen molar-refractivity contribution in [2.75, 3.05) is 26.4 Å². The summed E-state index contributed by atoms with van der Waals surface area (Å²) in [5, 5.41) is 35.1. The van der Waals surface area contributed by atoms with E-state index in [0.717, 1.165) is 87.5 Å². The Labute approximate surface area is 719 Å². The summed E-state index contributed by atoms with van der Waals surface area (Å²) in [6.07, 6.45) is 7.18. The maximum Gasteiger partial charge on any atom is 0.458 e. The van der Waals surface area contributed by atoms with Gasteiger partial charge in [-0.15, -0.1) is 0 Å². The molecule has 28 heteroatoms. The third-order valence-corrected chi connectivity index (χ3v) is 18.1. The highest BCUT2D eigenvalue weighted by Gasteiger charge is 2.60. The van der Waals surface area contributed by atoms with Crippen molar-refractivity contribution >= 4 is 46.2 Å². The van der Waals surface area contributed by atoms with Crippen molar-refractivity contribution < 1.29 is 129 Å². The minimum atomic E-state index is -5.74. The summed E-state index contributed by atoms with van der Waals surface area (Å²) in [6, 6.07) is 22.9. The largest absolute Gasteiger partial charge is 0.493 e. The molecule has 6 aromatic carbocycles. The van der Waals surface area contributed by atoms with Gasteiger partial charge in [-0.1, -0.05) is 159 Å². The molecular weight excluding hydrogens is 1660 g/mol. The van der Waals surface area contributed by atoms with E-state index in [1.165, 1.54) is 60.7 Å². The summed E-state index contributed by atoms with van der Waals surface area (Å²) < 4.78 is 236. The summed E-state index contributed by atoms with van der Waals surface area (Å²) in [5.41, 5.74) is 8.42. The molecule has 12 nitrogen and oxygen atoms in total. The van der Waals surface area contributed by atoms with Crippen LogP contribution in [0.2, 0.25) is 0 Å². The Balaban J connectivity index is 0.000000430. The van der Waals surface area contributed by atoms with E-state index in [1.807, 2.05) is 66.7 Å². The Bertz CT molecular complexity index is 5080. The van der Waals surface area contributed by atoms with Crippen LogP contribution in [0.4, 0.5) is 70.2 Å². The van der Waals surface area contributed by atoms with Crippen molar-refractivity contribution in [3.05, 3.63) is 284 Å². The van der Waals surface area contributed by atoms with Crippen molar-refractivity contribution in [2.24, 2.45) is 0 Å². The van der Waals surface area contributed by atoms with Crippen molar-refractivity contribution in [3.63, 3.8) is 0 Å². The quantitative estimate of drug-likeness (QED) is 0.0168. The van der Waals surface area contributed by atoms with Gasteiger partial charge in [0.25, 0.3) is 12.9 Å². The van der Waals surface area contributed by atoms with Crippen LogP contribution < -0.4 is 18.9 Å². The molecule has 6 aromatic rings. The van der Waals surface area contributed by atoms with Crippen molar-refractivity contribution in [1.29, 1.82) is 0 Å². The van der Waals surface area contributed by atoms with Crippen LogP contribution in [0, 0.1) is 11.6 Å². The molecule has 0 atom stereocenters. The Kier molecular flexibility index (Phi) is 42.6. The number of benzene rings is 6. The van der Waals surface area contributed by atoms with Gasteiger partial charge in [0.05, 0.1) is 13.2 Å². The molecule has 6 rings (SSSR count). The van der Waals surface area contributed by atoms with Crippen LogP contribution in [0.5, 0.6) is 23.0 Å². The highest BCUT2D eigenvalue weighted by molar-refractivity contribution is 5.85. The normalized spacial score (nSPS) is 13.3. The van der Waals surface area contributed by atoms with Crippen LogP contribution in [0.15, 0.2) is 217 Å². The average molecular weight is 1770 g/mol. The molecule has 125 heavy (non-hydrogen) atoms. The molecule has 0 spiro atoms. The number of allylic oxidation sites excluding steroid dienone is 20. The van der Waals surface area contributed by atoms with E-state index < -0.39 is 85.3 Å². The number of rotatable bonds is 35. The van der Waals surface area contributed by atoms with Gasteiger partial charge in [-0.3, -0.25) is 0 Å². The minimum Gasteiger partial charge on any atom is -0.493 e. The lowest BCUT2D eigenvalue weighted by Gasteiger charge is -2.25. The molecule has 0 aliphatic carbocycles. The number of carboxylic acid groups (broad SMARTS) is 4. The third-order valence-electron chi connectivity index (χ3n) is 18.1. The summed E-state index contributed by atoms with van der Waals surface area (Å²) >= 11 is 0. The number of hydrogen-bond donors (Lipinski definition) is 4. The SMILES string of the molecule is C/C(=C/C=C/C(C)=C/C(=O)O)c1cc(-c2ccc(F)cc2)cc(C(C)C)c1OCC(F)F.C/C(=C/C=C/C(C)=C/C(=O)O)c1cc(-c2cccc(F)c2)cc(C(C)C)c1OCC(F)F.CCCOc1c(\C(C)=C/C=C/C(C)=C/C(=O)O)cc(C(F)(F)C(F)(F)F)cc1C(C)C.CCOc1c(\C(C)=C/C=C/C(C)=C/C(=O)O)cc(C(F)(F)C(F)(F)F)cc1C(C)C. The van der Waals surface area contributed by atoms with Crippen LogP contribution in [0.1, 0.15) is 210 Å². The molecule has 678 valence electrons. The zero-order valence-electron chi connectivity index (χ0n) is 72.6. The van der Waals surface area contributed by atoms with Crippen molar-refractivity contribution in [3.8, 4) is 45.3 Å². The van der Waals surface area contributed by atoms with Crippen LogP contribution in [0.3, 0.4) is 0 Å². The Morgan fingerprint density at radius 1 is 0.360 bits per heavy atom. The Morgan fingerprint density at radius 3 is 0.936 bits per heavy atom. The van der Waals surface area contributed by atoms with Gasteiger partial charge >= 0.3 is 48.1 Å². The van der Waals surface area contributed by atoms with E-state index in [2.05, 4.69) is 0 Å². The molecule has 0 aliphatic heterocycles. The number of carboxylic acids is 4. The maximum absolute atomic E-state index is 14.2. The van der Waals surface area contributed by atoms with Gasteiger partial charge < -0.3 is 39.4 Å². The molecule has 0 heterocycles. The van der Waals surface area contributed by atoms with Crippen LogP contribution in [0.25, 0.3) is 44.5 Å². The molecule has 0 amide bonds. The monoisotopic (exact) mass is 1770 g/mol. The topological polar surface area (TPSA) is 186 Å². The summed E-state index contributed by atoms with van der Waals surface area (Å²) in [6.45, 7) is 30.2. The number of halogens is 16.